The van der Waals surface area contributed by atoms with Crippen molar-refractivity contribution < 1.29 is 23.5 Å². The number of nitrogens with one attached hydrogen (secondary N) is 2. The van der Waals surface area contributed by atoms with Crippen molar-refractivity contribution in [2.75, 3.05) is 0 Å². The molecule has 2 aromatic rings. The van der Waals surface area contributed by atoms with Crippen LogP contribution in [-0.4, -0.2) is 28.5 Å². The predicted molar refractivity (Wildman–Crippen MR) is 108 cm³/mol. The Morgan fingerprint density at radius 2 is 1.93 bits per heavy atom. The molecule has 1 saturated heterocycles. The summed E-state index contributed by atoms with van der Waals surface area (Å²) in [5.74, 6) is -2.26. The number of amides is 3. The first kappa shape index (κ1) is 21.4. The lowest BCUT2D eigenvalue weighted by molar-refractivity contribution is -0.134. The number of ether oxygens (including phenoxy) is 1. The summed E-state index contributed by atoms with van der Waals surface area (Å²) in [6, 6.07) is 8.56. The zero-order valence-electron chi connectivity index (χ0n) is 17.1. The minimum Gasteiger partial charge on any atom is -0.444 e. The second kappa shape index (κ2) is 8.61. The second-order valence-electron chi connectivity index (χ2n) is 8.11. The van der Waals surface area contributed by atoms with Crippen molar-refractivity contribution in [3.05, 3.63) is 53.6 Å². The topological polar surface area (TPSA) is 97.4 Å². The highest BCUT2D eigenvalue weighted by atomic mass is 19.1. The number of benzene rings is 1. The van der Waals surface area contributed by atoms with E-state index >= 15 is 4.39 Å². The number of alkyl carbamates (subject to hydrolysis) is 1. The molecule has 2 heterocycles. The molecule has 0 spiro atoms. The summed E-state index contributed by atoms with van der Waals surface area (Å²) < 4.78 is 20.3. The molecule has 1 atom stereocenters. The summed E-state index contributed by atoms with van der Waals surface area (Å²) in [6.07, 6.45) is 1.32. The molecule has 2 N–H and O–H groups in total. The Labute approximate surface area is 174 Å². The summed E-state index contributed by atoms with van der Waals surface area (Å²) in [5, 5.41) is 4.90. The Hall–Kier alpha value is -3.29. The minimum absolute atomic E-state index is 0.0353. The van der Waals surface area contributed by atoms with E-state index in [1.807, 2.05) is 0 Å². The summed E-state index contributed by atoms with van der Waals surface area (Å²) >= 11 is 0. The van der Waals surface area contributed by atoms with E-state index in [0.717, 1.165) is 5.56 Å². The molecule has 1 aliphatic rings. The number of nitrogens with zero attached hydrogens (tertiary/aromatic N) is 1. The first-order valence-corrected chi connectivity index (χ1v) is 9.68. The number of halogens is 1. The number of carbonyl (C=O) groups excluding carboxylic acids is 3. The van der Waals surface area contributed by atoms with Gasteiger partial charge in [0.2, 0.25) is 11.8 Å². The molecule has 1 unspecified atom stereocenters. The van der Waals surface area contributed by atoms with E-state index in [4.69, 9.17) is 4.74 Å². The normalized spacial score (nSPS) is 16.7. The van der Waals surface area contributed by atoms with Gasteiger partial charge >= 0.3 is 6.09 Å². The summed E-state index contributed by atoms with van der Waals surface area (Å²) in [4.78, 5) is 39.2. The fourth-order valence-electron chi connectivity index (χ4n) is 3.17. The van der Waals surface area contributed by atoms with E-state index in [1.54, 1.807) is 51.1 Å². The maximum Gasteiger partial charge on any atom is 0.407 e. The monoisotopic (exact) mass is 413 g/mol. The first-order valence-electron chi connectivity index (χ1n) is 9.68. The van der Waals surface area contributed by atoms with Crippen LogP contribution in [0.2, 0.25) is 0 Å². The zero-order chi connectivity index (χ0) is 21.9. The molecule has 1 aliphatic heterocycles. The van der Waals surface area contributed by atoms with E-state index in [9.17, 15) is 14.4 Å². The molecule has 1 aromatic heterocycles. The molecule has 0 radical (unpaired) electrons. The van der Waals surface area contributed by atoms with Crippen LogP contribution in [0.15, 0.2) is 36.5 Å². The number of piperidine rings is 1. The van der Waals surface area contributed by atoms with Gasteiger partial charge in [-0.1, -0.05) is 24.3 Å². The average molecular weight is 413 g/mol. The van der Waals surface area contributed by atoms with Gasteiger partial charge < -0.3 is 10.1 Å². The van der Waals surface area contributed by atoms with E-state index in [2.05, 4.69) is 15.6 Å². The largest absolute Gasteiger partial charge is 0.444 e. The molecule has 3 rings (SSSR count). The lowest BCUT2D eigenvalue weighted by atomic mass is 9.92. The fourth-order valence-corrected chi connectivity index (χ4v) is 3.17. The highest BCUT2D eigenvalue weighted by molar-refractivity contribution is 6.00. The fraction of sp³-hybridized carbons (Fsp3) is 0.364. The van der Waals surface area contributed by atoms with E-state index in [1.165, 1.54) is 6.20 Å². The van der Waals surface area contributed by atoms with Gasteiger partial charge in [0.1, 0.15) is 5.60 Å². The quantitative estimate of drug-likeness (QED) is 0.749. The van der Waals surface area contributed by atoms with Gasteiger partial charge in [-0.25, -0.2) is 9.18 Å². The molecule has 1 fully saturated rings. The van der Waals surface area contributed by atoms with Crippen molar-refractivity contribution in [2.45, 2.75) is 51.7 Å². The number of pyridine rings is 1. The highest BCUT2D eigenvalue weighted by Gasteiger charge is 2.32. The van der Waals surface area contributed by atoms with Crippen molar-refractivity contribution in [3.63, 3.8) is 0 Å². The van der Waals surface area contributed by atoms with Crippen LogP contribution in [0.4, 0.5) is 9.18 Å². The predicted octanol–water partition coefficient (Wildman–Crippen LogP) is 3.43. The molecule has 0 saturated carbocycles. The lowest BCUT2D eigenvalue weighted by Crippen LogP contribution is -2.40. The van der Waals surface area contributed by atoms with Gasteiger partial charge in [0.05, 0.1) is 11.6 Å². The molecule has 30 heavy (non-hydrogen) atoms. The number of rotatable bonds is 4. The molecule has 1 aromatic carbocycles. The number of hydrogen-bond donors (Lipinski definition) is 2. The third kappa shape index (κ3) is 5.20. The van der Waals surface area contributed by atoms with Crippen molar-refractivity contribution in [1.29, 1.82) is 0 Å². The third-order valence-electron chi connectivity index (χ3n) is 4.59. The number of aromatic nitrogens is 1. The van der Waals surface area contributed by atoms with Gasteiger partial charge in [-0.3, -0.25) is 19.9 Å². The molecule has 0 bridgehead atoms. The highest BCUT2D eigenvalue weighted by Crippen LogP contribution is 2.31. The number of imide groups is 1. The maximum absolute atomic E-state index is 15.1. The second-order valence-corrected chi connectivity index (χ2v) is 8.11. The smallest absolute Gasteiger partial charge is 0.407 e. The zero-order valence-corrected chi connectivity index (χ0v) is 17.1. The van der Waals surface area contributed by atoms with E-state index in [0.29, 0.717) is 11.1 Å². The van der Waals surface area contributed by atoms with Crippen molar-refractivity contribution in [3.8, 4) is 11.1 Å². The Kier molecular flexibility index (Phi) is 6.14. The molecule has 0 aliphatic carbocycles. The van der Waals surface area contributed by atoms with Gasteiger partial charge in [-0.2, -0.15) is 0 Å². The van der Waals surface area contributed by atoms with Crippen LogP contribution in [0.3, 0.4) is 0 Å². The van der Waals surface area contributed by atoms with Crippen LogP contribution in [-0.2, 0) is 20.9 Å². The Balaban J connectivity index is 1.73. The Bertz CT molecular complexity index is 967. The Morgan fingerprint density at radius 1 is 1.23 bits per heavy atom. The standard InChI is InChI=1S/C22H24FN3O4/c1-22(2,3)30-21(29)25-12-13-4-6-14(7-5-13)15-10-11-24-19(18(15)23)16-8-9-17(27)26-20(16)28/h4-7,10-11,16H,8-9,12H2,1-3H3,(H,25,29)(H,26,27,28). The molecular formula is C22H24FN3O4. The Morgan fingerprint density at radius 3 is 2.57 bits per heavy atom. The molecule has 7 nitrogen and oxygen atoms in total. The van der Waals surface area contributed by atoms with Gasteiger partial charge in [-0.15, -0.1) is 0 Å². The van der Waals surface area contributed by atoms with Crippen LogP contribution in [0.5, 0.6) is 0 Å². The van der Waals surface area contributed by atoms with Gasteiger partial charge in [0.15, 0.2) is 5.82 Å². The van der Waals surface area contributed by atoms with E-state index in [-0.39, 0.29) is 31.0 Å². The summed E-state index contributed by atoms with van der Waals surface area (Å²) in [6.45, 7) is 5.63. The van der Waals surface area contributed by atoms with Gasteiger partial charge in [-0.05, 0) is 44.4 Å². The summed E-state index contributed by atoms with van der Waals surface area (Å²) in [5.41, 5.74) is 1.21. The lowest BCUT2D eigenvalue weighted by Gasteiger charge is -2.21. The maximum atomic E-state index is 15.1. The van der Waals surface area contributed by atoms with Crippen LogP contribution in [0.25, 0.3) is 11.1 Å². The number of carbonyl (C=O) groups is 3. The summed E-state index contributed by atoms with van der Waals surface area (Å²) in [7, 11) is 0. The molecule has 8 heteroatoms. The first-order chi connectivity index (χ1) is 14.1. The van der Waals surface area contributed by atoms with Crippen LogP contribution in [0.1, 0.15) is 50.8 Å². The van der Waals surface area contributed by atoms with E-state index < -0.39 is 29.3 Å². The van der Waals surface area contributed by atoms with Crippen molar-refractivity contribution >= 4 is 17.9 Å². The average Bonchev–Trinajstić information content (AvgIpc) is 2.66. The molecule has 158 valence electrons. The van der Waals surface area contributed by atoms with Crippen LogP contribution < -0.4 is 10.6 Å². The SMILES string of the molecule is CC(C)(C)OC(=O)NCc1ccc(-c2ccnc(C3CCC(=O)NC3=O)c2F)cc1. The van der Waals surface area contributed by atoms with Crippen LogP contribution in [0, 0.1) is 5.82 Å². The van der Waals surface area contributed by atoms with Crippen LogP contribution >= 0.6 is 0 Å². The van der Waals surface area contributed by atoms with Crippen molar-refractivity contribution in [1.82, 2.24) is 15.6 Å². The number of hydrogen-bond acceptors (Lipinski definition) is 5. The van der Waals surface area contributed by atoms with Gasteiger partial charge in [0.25, 0.3) is 0 Å². The molecule has 3 amide bonds. The third-order valence-corrected chi connectivity index (χ3v) is 4.59. The minimum atomic E-state index is -0.792. The van der Waals surface area contributed by atoms with Gasteiger partial charge in [0, 0.05) is 24.7 Å². The molecular weight excluding hydrogens is 389 g/mol. The van der Waals surface area contributed by atoms with Crippen molar-refractivity contribution in [2.24, 2.45) is 0 Å².